The second kappa shape index (κ2) is 13.0. The van der Waals surface area contributed by atoms with Gasteiger partial charge in [-0.05, 0) is 38.5 Å². The van der Waals surface area contributed by atoms with Crippen molar-refractivity contribution in [3.05, 3.63) is 18.2 Å². The number of carbonyl (C=O) groups excluding carboxylic acids is 1. The van der Waals surface area contributed by atoms with Gasteiger partial charge in [0.25, 0.3) is 0 Å². The smallest absolute Gasteiger partial charge is 0.240 e. The van der Waals surface area contributed by atoms with Gasteiger partial charge in [0.2, 0.25) is 5.91 Å². The van der Waals surface area contributed by atoms with Crippen LogP contribution in [0.1, 0.15) is 20.3 Å². The van der Waals surface area contributed by atoms with Crippen molar-refractivity contribution in [2.24, 2.45) is 0 Å². The van der Waals surface area contributed by atoms with Gasteiger partial charge in [0, 0.05) is 51.1 Å². The summed E-state index contributed by atoms with van der Waals surface area (Å²) < 4.78 is 7.01. The molecule has 2 aromatic rings. The van der Waals surface area contributed by atoms with Crippen LogP contribution in [-0.2, 0) is 4.79 Å². The van der Waals surface area contributed by atoms with Crippen molar-refractivity contribution in [2.45, 2.75) is 38.5 Å². The molecule has 1 amide bonds. The van der Waals surface area contributed by atoms with E-state index in [1.165, 1.54) is 4.70 Å². The molecular formula is C22H34Cl3N5O2S2. The van der Waals surface area contributed by atoms with Crippen LogP contribution >= 0.6 is 60.3 Å². The molecule has 0 unspecified atom stereocenters. The van der Waals surface area contributed by atoms with E-state index in [0.29, 0.717) is 11.9 Å². The Morgan fingerprint density at radius 2 is 1.91 bits per heavy atom. The third-order valence-electron chi connectivity index (χ3n) is 6.29. The number of carbonyl (C=O) groups is 1. The molecule has 1 N–H and O–H groups in total. The summed E-state index contributed by atoms with van der Waals surface area (Å²) in [7, 11) is 0. The summed E-state index contributed by atoms with van der Waals surface area (Å²) in [6.07, 6.45) is 1.10. The number of thiazole rings is 1. The molecule has 2 atom stereocenters. The average molecular weight is 571 g/mol. The van der Waals surface area contributed by atoms with Crippen molar-refractivity contribution < 1.29 is 9.53 Å². The predicted molar refractivity (Wildman–Crippen MR) is 150 cm³/mol. The summed E-state index contributed by atoms with van der Waals surface area (Å²) in [5.74, 6) is 3.13. The highest BCUT2D eigenvalue weighted by Crippen LogP contribution is 2.32. The molecule has 12 heteroatoms. The zero-order chi connectivity index (χ0) is 21.4. The van der Waals surface area contributed by atoms with Crippen LogP contribution in [0.15, 0.2) is 18.2 Å². The van der Waals surface area contributed by atoms with Crippen LogP contribution in [0.3, 0.4) is 0 Å². The highest BCUT2D eigenvalue weighted by Gasteiger charge is 2.36. The zero-order valence-electron chi connectivity index (χ0n) is 19.5. The number of amides is 1. The van der Waals surface area contributed by atoms with Crippen LogP contribution in [0.25, 0.3) is 10.2 Å². The van der Waals surface area contributed by atoms with Crippen molar-refractivity contribution in [2.75, 3.05) is 55.8 Å². The maximum absolute atomic E-state index is 12.7. The molecule has 192 valence electrons. The van der Waals surface area contributed by atoms with Crippen LogP contribution in [-0.4, -0.2) is 89.8 Å². The molecule has 3 fully saturated rings. The first kappa shape index (κ1) is 29.5. The summed E-state index contributed by atoms with van der Waals surface area (Å²) in [6, 6.07) is 6.62. The Balaban J connectivity index is 0.00000136. The molecule has 1 aromatic heterocycles. The molecule has 34 heavy (non-hydrogen) atoms. The number of halogens is 3. The maximum atomic E-state index is 12.7. The fraction of sp³-hybridized carbons (Fsp3) is 0.636. The number of anilines is 1. The fourth-order valence-electron chi connectivity index (χ4n) is 4.64. The molecule has 3 aliphatic heterocycles. The van der Waals surface area contributed by atoms with Crippen molar-refractivity contribution in [1.29, 1.82) is 0 Å². The number of benzene rings is 1. The topological polar surface area (TPSA) is 60.9 Å². The van der Waals surface area contributed by atoms with Crippen LogP contribution in [0.2, 0.25) is 0 Å². The number of ether oxygens (including phenoxy) is 1. The summed E-state index contributed by atoms with van der Waals surface area (Å²) in [5, 5.41) is 4.58. The maximum Gasteiger partial charge on any atom is 0.240 e. The number of fused-ring (bicyclic) bond motifs is 1. The number of hydrogen-bond acceptors (Lipinski definition) is 8. The van der Waals surface area contributed by atoms with E-state index in [0.717, 1.165) is 73.7 Å². The number of nitrogens with one attached hydrogen (secondary N) is 1. The van der Waals surface area contributed by atoms with Crippen molar-refractivity contribution in [1.82, 2.24) is 20.1 Å². The minimum absolute atomic E-state index is 0. The average Bonchev–Trinajstić information content (AvgIpc) is 3.53. The quantitative estimate of drug-likeness (QED) is 0.588. The van der Waals surface area contributed by atoms with Gasteiger partial charge >= 0.3 is 0 Å². The van der Waals surface area contributed by atoms with E-state index in [2.05, 4.69) is 27.2 Å². The SMILES string of the molecule is CC(C)Oc1ccc2nc(N3CCN([C@@H]4CN[C@H](C(=O)N5CCSC5)C4)CC3)sc2c1.Cl.Cl.Cl. The minimum Gasteiger partial charge on any atom is -0.491 e. The van der Waals surface area contributed by atoms with Gasteiger partial charge in [-0.15, -0.1) is 49.0 Å². The second-order valence-electron chi connectivity index (χ2n) is 8.80. The van der Waals surface area contributed by atoms with E-state index in [1.807, 2.05) is 36.6 Å². The number of rotatable bonds is 5. The van der Waals surface area contributed by atoms with E-state index in [-0.39, 0.29) is 49.4 Å². The number of piperazine rings is 1. The Bertz CT molecular complexity index is 936. The molecule has 0 bridgehead atoms. The number of hydrogen-bond donors (Lipinski definition) is 1. The van der Waals surface area contributed by atoms with E-state index in [9.17, 15) is 4.79 Å². The molecule has 0 spiro atoms. The Labute approximate surface area is 228 Å². The van der Waals surface area contributed by atoms with Crippen LogP contribution in [0.5, 0.6) is 5.75 Å². The van der Waals surface area contributed by atoms with E-state index in [4.69, 9.17) is 9.72 Å². The fourth-order valence-corrected chi connectivity index (χ4v) is 6.64. The Kier molecular flexibility index (Phi) is 11.3. The molecule has 7 nitrogen and oxygen atoms in total. The molecule has 3 saturated heterocycles. The lowest BCUT2D eigenvalue weighted by atomic mass is 10.1. The van der Waals surface area contributed by atoms with Gasteiger partial charge in [0.1, 0.15) is 5.75 Å². The standard InChI is InChI=1S/C22H31N5O2S2.3ClH/c1-15(2)29-17-3-4-18-20(12-17)31-22(24-18)26-7-5-25(6-8-26)16-11-19(23-13-16)21(28)27-9-10-30-14-27;;;/h3-4,12,15-16,19,23H,5-11,13-14H2,1-2H3;3*1H/t16-,19-;;;/m0.../s1. The van der Waals surface area contributed by atoms with Gasteiger partial charge < -0.3 is 19.9 Å². The lowest BCUT2D eigenvalue weighted by Crippen LogP contribution is -2.51. The number of aromatic nitrogens is 1. The zero-order valence-corrected chi connectivity index (χ0v) is 23.6. The Morgan fingerprint density at radius 3 is 2.59 bits per heavy atom. The van der Waals surface area contributed by atoms with E-state index in [1.54, 1.807) is 11.3 Å². The molecule has 3 aliphatic rings. The van der Waals surface area contributed by atoms with Gasteiger partial charge in [-0.3, -0.25) is 9.69 Å². The lowest BCUT2D eigenvalue weighted by molar-refractivity contribution is -0.131. The second-order valence-corrected chi connectivity index (χ2v) is 10.9. The molecule has 0 saturated carbocycles. The van der Waals surface area contributed by atoms with E-state index >= 15 is 0 Å². The number of thioether (sulfide) groups is 1. The molecular weight excluding hydrogens is 537 g/mol. The van der Waals surface area contributed by atoms with Crippen LogP contribution in [0.4, 0.5) is 5.13 Å². The van der Waals surface area contributed by atoms with Gasteiger partial charge in [-0.1, -0.05) is 11.3 Å². The van der Waals surface area contributed by atoms with Gasteiger partial charge in [0.15, 0.2) is 5.13 Å². The third kappa shape index (κ3) is 6.55. The van der Waals surface area contributed by atoms with Crippen molar-refractivity contribution in [3.8, 4) is 5.75 Å². The summed E-state index contributed by atoms with van der Waals surface area (Å²) >= 11 is 3.60. The largest absolute Gasteiger partial charge is 0.491 e. The predicted octanol–water partition coefficient (Wildman–Crippen LogP) is 3.73. The van der Waals surface area contributed by atoms with Gasteiger partial charge in [-0.2, -0.15) is 0 Å². The first-order valence-electron chi connectivity index (χ1n) is 11.2. The third-order valence-corrected chi connectivity index (χ3v) is 8.34. The summed E-state index contributed by atoms with van der Waals surface area (Å²) in [6.45, 7) is 9.90. The molecule has 0 radical (unpaired) electrons. The van der Waals surface area contributed by atoms with E-state index < -0.39 is 0 Å². The molecule has 1 aromatic carbocycles. The lowest BCUT2D eigenvalue weighted by Gasteiger charge is -2.37. The highest BCUT2D eigenvalue weighted by molar-refractivity contribution is 7.99. The van der Waals surface area contributed by atoms with Crippen LogP contribution < -0.4 is 15.0 Å². The Morgan fingerprint density at radius 1 is 1.15 bits per heavy atom. The monoisotopic (exact) mass is 569 g/mol. The number of nitrogens with zero attached hydrogens (tertiary/aromatic N) is 4. The van der Waals surface area contributed by atoms with Crippen molar-refractivity contribution >= 4 is 81.6 Å². The molecule has 4 heterocycles. The van der Waals surface area contributed by atoms with Gasteiger partial charge in [0.05, 0.1) is 28.2 Å². The first-order chi connectivity index (χ1) is 15.1. The van der Waals surface area contributed by atoms with Crippen LogP contribution in [0, 0.1) is 0 Å². The minimum atomic E-state index is -0.00625. The highest BCUT2D eigenvalue weighted by atomic mass is 35.5. The summed E-state index contributed by atoms with van der Waals surface area (Å²) in [5.41, 5.74) is 1.04. The Hall–Kier alpha value is -0.680. The van der Waals surface area contributed by atoms with Gasteiger partial charge in [-0.25, -0.2) is 4.98 Å². The molecule has 0 aliphatic carbocycles. The normalized spacial score (nSPS) is 22.9. The molecule has 5 rings (SSSR count). The summed E-state index contributed by atoms with van der Waals surface area (Å²) in [4.78, 5) is 24.5. The van der Waals surface area contributed by atoms with Crippen molar-refractivity contribution in [3.63, 3.8) is 0 Å². The first-order valence-corrected chi connectivity index (χ1v) is 13.2.